The van der Waals surface area contributed by atoms with Crippen LogP contribution in [0.25, 0.3) is 0 Å². The first-order valence-electron chi connectivity index (χ1n) is 6.77. The highest BCUT2D eigenvalue weighted by molar-refractivity contribution is 5.93. The third kappa shape index (κ3) is 2.18. The largest absolute Gasteiger partial charge is 0.478 e. The molecule has 0 aromatic carbocycles. The molecule has 102 valence electrons. The van der Waals surface area contributed by atoms with Crippen molar-refractivity contribution in [2.24, 2.45) is 0 Å². The number of carboxylic acid groups (broad SMARTS) is 1. The zero-order chi connectivity index (χ0) is 13.4. The molecule has 5 nitrogen and oxygen atoms in total. The number of ether oxygens (including phenoxy) is 1. The number of hydrogen-bond acceptors (Lipinski definition) is 4. The van der Waals surface area contributed by atoms with Crippen molar-refractivity contribution in [3.05, 3.63) is 22.9 Å². The summed E-state index contributed by atoms with van der Waals surface area (Å²) < 4.78 is 5.41. The van der Waals surface area contributed by atoms with E-state index in [1.54, 1.807) is 0 Å². The van der Waals surface area contributed by atoms with Gasteiger partial charge in [-0.05, 0) is 37.8 Å². The lowest BCUT2D eigenvalue weighted by molar-refractivity contribution is 0.0694. The molecule has 1 aromatic heterocycles. The van der Waals surface area contributed by atoms with Gasteiger partial charge in [-0.2, -0.15) is 0 Å². The molecule has 1 aromatic rings. The normalized spacial score (nSPS) is 22.4. The van der Waals surface area contributed by atoms with E-state index in [-0.39, 0.29) is 6.04 Å². The zero-order valence-electron chi connectivity index (χ0n) is 11.1. The topological polar surface area (TPSA) is 62.7 Å². The minimum absolute atomic E-state index is 0.166. The Bertz CT molecular complexity index is 516. The van der Waals surface area contributed by atoms with Crippen LogP contribution >= 0.6 is 0 Å². The van der Waals surface area contributed by atoms with Crippen molar-refractivity contribution in [3.8, 4) is 0 Å². The van der Waals surface area contributed by atoms with Gasteiger partial charge in [-0.15, -0.1) is 0 Å². The maximum absolute atomic E-state index is 11.5. The van der Waals surface area contributed by atoms with Gasteiger partial charge in [-0.1, -0.05) is 0 Å². The maximum Gasteiger partial charge on any atom is 0.339 e. The van der Waals surface area contributed by atoms with Crippen LogP contribution < -0.4 is 4.90 Å². The van der Waals surface area contributed by atoms with Crippen molar-refractivity contribution in [1.82, 2.24) is 4.98 Å². The predicted octanol–water partition coefficient (Wildman–Crippen LogP) is 1.49. The highest BCUT2D eigenvalue weighted by atomic mass is 16.5. The average molecular weight is 262 g/mol. The Balaban J connectivity index is 2.05. The second kappa shape index (κ2) is 4.81. The molecule has 1 saturated heterocycles. The fourth-order valence-corrected chi connectivity index (χ4v) is 2.88. The zero-order valence-corrected chi connectivity index (χ0v) is 11.1. The first kappa shape index (κ1) is 12.4. The van der Waals surface area contributed by atoms with Gasteiger partial charge in [-0.3, -0.25) is 0 Å². The number of nitrogens with zero attached hydrogens (tertiary/aromatic N) is 2. The molecule has 0 amide bonds. The maximum atomic E-state index is 11.5. The van der Waals surface area contributed by atoms with Gasteiger partial charge in [0.05, 0.1) is 19.3 Å². The van der Waals surface area contributed by atoms with Gasteiger partial charge in [0.1, 0.15) is 11.4 Å². The Morgan fingerprint density at radius 2 is 2.37 bits per heavy atom. The van der Waals surface area contributed by atoms with E-state index in [2.05, 4.69) is 9.88 Å². The van der Waals surface area contributed by atoms with Crippen LogP contribution in [0.3, 0.4) is 0 Å². The van der Waals surface area contributed by atoms with E-state index in [0.717, 1.165) is 30.5 Å². The van der Waals surface area contributed by atoms with Crippen molar-refractivity contribution < 1.29 is 14.6 Å². The number of morpholine rings is 1. The Hall–Kier alpha value is -1.62. The fourth-order valence-electron chi connectivity index (χ4n) is 2.88. The average Bonchev–Trinajstić information content (AvgIpc) is 2.85. The van der Waals surface area contributed by atoms with E-state index >= 15 is 0 Å². The molecule has 3 rings (SSSR count). The molecule has 2 heterocycles. The number of rotatable bonds is 2. The molecule has 19 heavy (non-hydrogen) atoms. The van der Waals surface area contributed by atoms with Crippen molar-refractivity contribution in [2.75, 3.05) is 24.7 Å². The fraction of sp³-hybridized carbons (Fsp3) is 0.571. The van der Waals surface area contributed by atoms with E-state index in [1.165, 1.54) is 0 Å². The summed E-state index contributed by atoms with van der Waals surface area (Å²) in [6.07, 6.45) is 2.98. The lowest BCUT2D eigenvalue weighted by atomic mass is 10.1. The Morgan fingerprint density at radius 3 is 3.11 bits per heavy atom. The van der Waals surface area contributed by atoms with Crippen molar-refractivity contribution in [1.29, 1.82) is 0 Å². The van der Waals surface area contributed by atoms with Crippen LogP contribution in [0.1, 0.15) is 35.0 Å². The number of carbonyl (C=O) groups is 1. The Kier molecular flexibility index (Phi) is 3.14. The summed E-state index contributed by atoms with van der Waals surface area (Å²) in [6, 6.07) is 1.98. The van der Waals surface area contributed by atoms with Crippen molar-refractivity contribution in [2.45, 2.75) is 32.2 Å². The number of carboxylic acids is 1. The highest BCUT2D eigenvalue weighted by Gasteiger charge is 2.27. The summed E-state index contributed by atoms with van der Waals surface area (Å²) in [7, 11) is 0. The molecule has 1 aliphatic carbocycles. The Morgan fingerprint density at radius 1 is 1.53 bits per heavy atom. The van der Waals surface area contributed by atoms with E-state index < -0.39 is 5.97 Å². The van der Waals surface area contributed by atoms with E-state index in [1.807, 2.05) is 13.0 Å². The number of aromatic nitrogens is 1. The van der Waals surface area contributed by atoms with Crippen LogP contribution in [0.15, 0.2) is 6.07 Å². The molecule has 1 fully saturated rings. The number of aryl methyl sites for hydroxylation is 2. The van der Waals surface area contributed by atoms with Crippen LogP contribution in [0, 0.1) is 0 Å². The van der Waals surface area contributed by atoms with Gasteiger partial charge in [0, 0.05) is 12.2 Å². The summed E-state index contributed by atoms with van der Waals surface area (Å²) >= 11 is 0. The summed E-state index contributed by atoms with van der Waals surface area (Å²) in [4.78, 5) is 18.2. The first-order chi connectivity index (χ1) is 9.16. The third-order valence-electron chi connectivity index (χ3n) is 3.90. The summed E-state index contributed by atoms with van der Waals surface area (Å²) in [5, 5.41) is 9.42. The molecule has 0 radical (unpaired) electrons. The summed E-state index contributed by atoms with van der Waals surface area (Å²) in [6.45, 7) is 3.99. The molecule has 2 aliphatic rings. The number of fused-ring (bicyclic) bond motifs is 1. The lowest BCUT2D eigenvalue weighted by Crippen LogP contribution is -2.45. The molecule has 0 saturated carbocycles. The van der Waals surface area contributed by atoms with Crippen molar-refractivity contribution in [3.63, 3.8) is 0 Å². The van der Waals surface area contributed by atoms with Gasteiger partial charge in [0.15, 0.2) is 0 Å². The Labute approximate surface area is 112 Å². The minimum atomic E-state index is -0.893. The number of pyridine rings is 1. The highest BCUT2D eigenvalue weighted by Crippen LogP contribution is 2.29. The predicted molar refractivity (Wildman–Crippen MR) is 70.8 cm³/mol. The minimum Gasteiger partial charge on any atom is -0.478 e. The van der Waals surface area contributed by atoms with Gasteiger partial charge in [0.2, 0.25) is 0 Å². The molecular weight excluding hydrogens is 244 g/mol. The van der Waals surface area contributed by atoms with Crippen LogP contribution in [-0.2, 0) is 17.6 Å². The SMILES string of the molecule is CC1COCCN1c1nc2c(cc1C(=O)O)CCC2. The lowest BCUT2D eigenvalue weighted by Gasteiger charge is -2.35. The first-order valence-corrected chi connectivity index (χ1v) is 6.77. The van der Waals surface area contributed by atoms with Gasteiger partial charge in [-0.25, -0.2) is 9.78 Å². The monoisotopic (exact) mass is 262 g/mol. The standard InChI is InChI=1S/C14H18N2O3/c1-9-8-19-6-5-16(9)13-11(14(17)18)7-10-3-2-4-12(10)15-13/h7,9H,2-6,8H2,1H3,(H,17,18). The molecule has 5 heteroatoms. The molecular formula is C14H18N2O3. The van der Waals surface area contributed by atoms with E-state index in [0.29, 0.717) is 31.1 Å². The van der Waals surface area contributed by atoms with E-state index in [9.17, 15) is 9.90 Å². The molecule has 1 aliphatic heterocycles. The van der Waals surface area contributed by atoms with Crippen LogP contribution in [0.2, 0.25) is 0 Å². The molecule has 1 unspecified atom stereocenters. The van der Waals surface area contributed by atoms with E-state index in [4.69, 9.17) is 4.74 Å². The molecule has 0 spiro atoms. The number of aromatic carboxylic acids is 1. The second-order valence-electron chi connectivity index (χ2n) is 5.24. The van der Waals surface area contributed by atoms with Crippen LogP contribution in [-0.4, -0.2) is 41.9 Å². The smallest absolute Gasteiger partial charge is 0.339 e. The van der Waals surface area contributed by atoms with Gasteiger partial charge < -0.3 is 14.7 Å². The quantitative estimate of drug-likeness (QED) is 0.875. The van der Waals surface area contributed by atoms with Crippen molar-refractivity contribution >= 4 is 11.8 Å². The van der Waals surface area contributed by atoms with Crippen LogP contribution in [0.5, 0.6) is 0 Å². The molecule has 0 bridgehead atoms. The summed E-state index contributed by atoms with van der Waals surface area (Å²) in [5.74, 6) is -0.278. The second-order valence-corrected chi connectivity index (χ2v) is 5.24. The summed E-state index contributed by atoms with van der Waals surface area (Å²) in [5.41, 5.74) is 2.50. The van der Waals surface area contributed by atoms with Crippen LogP contribution in [0.4, 0.5) is 5.82 Å². The number of hydrogen-bond donors (Lipinski definition) is 1. The molecule has 1 N–H and O–H groups in total. The third-order valence-corrected chi connectivity index (χ3v) is 3.90. The van der Waals surface area contributed by atoms with Gasteiger partial charge in [0.25, 0.3) is 0 Å². The molecule has 1 atom stereocenters. The number of anilines is 1. The van der Waals surface area contributed by atoms with Gasteiger partial charge >= 0.3 is 5.97 Å².